The van der Waals surface area contributed by atoms with Gasteiger partial charge in [-0.3, -0.25) is 0 Å². The average Bonchev–Trinajstić information content (AvgIpc) is 2.67. The number of pyridine rings is 1. The van der Waals surface area contributed by atoms with Gasteiger partial charge in [0.2, 0.25) is 5.88 Å². The van der Waals surface area contributed by atoms with E-state index >= 15 is 0 Å². The van der Waals surface area contributed by atoms with Crippen LogP contribution in [0.3, 0.4) is 0 Å². The van der Waals surface area contributed by atoms with Crippen LogP contribution in [0.1, 0.15) is 21.5 Å². The SMILES string of the molecule is O=C(O)c1ccccc1OCc1ccc(Oc2ccc(C(F)(F)F)cn2)cc1. The monoisotopic (exact) mass is 389 g/mol. The topological polar surface area (TPSA) is 68.7 Å². The molecule has 0 radical (unpaired) electrons. The lowest BCUT2D eigenvalue weighted by molar-refractivity contribution is -0.137. The molecule has 144 valence electrons. The Morgan fingerprint density at radius 2 is 1.71 bits per heavy atom. The minimum absolute atomic E-state index is 0.0346. The molecule has 1 N–H and O–H groups in total. The molecule has 0 atom stereocenters. The number of hydrogen-bond donors (Lipinski definition) is 1. The quantitative estimate of drug-likeness (QED) is 0.630. The Bertz CT molecular complexity index is 954. The predicted molar refractivity (Wildman–Crippen MR) is 93.5 cm³/mol. The van der Waals surface area contributed by atoms with Gasteiger partial charge < -0.3 is 14.6 Å². The van der Waals surface area contributed by atoms with Crippen LogP contribution in [-0.4, -0.2) is 16.1 Å². The second-order valence-electron chi connectivity index (χ2n) is 5.72. The molecule has 8 heteroatoms. The van der Waals surface area contributed by atoms with Gasteiger partial charge in [-0.15, -0.1) is 0 Å². The minimum atomic E-state index is -4.45. The fraction of sp³-hybridized carbons (Fsp3) is 0.100. The second kappa shape index (κ2) is 7.99. The molecule has 0 fully saturated rings. The Hall–Kier alpha value is -3.55. The first-order valence-electron chi connectivity index (χ1n) is 8.08. The zero-order valence-electron chi connectivity index (χ0n) is 14.3. The van der Waals surface area contributed by atoms with E-state index in [0.29, 0.717) is 11.9 Å². The van der Waals surface area contributed by atoms with Crippen molar-refractivity contribution in [2.24, 2.45) is 0 Å². The highest BCUT2D eigenvalue weighted by Crippen LogP contribution is 2.30. The lowest BCUT2D eigenvalue weighted by atomic mass is 10.2. The molecule has 0 spiro atoms. The molecule has 0 aliphatic heterocycles. The van der Waals surface area contributed by atoms with Crippen LogP contribution in [-0.2, 0) is 12.8 Å². The molecule has 5 nitrogen and oxygen atoms in total. The van der Waals surface area contributed by atoms with Gasteiger partial charge in [-0.2, -0.15) is 13.2 Å². The van der Waals surface area contributed by atoms with E-state index in [1.807, 2.05) is 0 Å². The first-order valence-corrected chi connectivity index (χ1v) is 8.08. The van der Waals surface area contributed by atoms with Gasteiger partial charge >= 0.3 is 12.1 Å². The number of ether oxygens (including phenoxy) is 2. The molecule has 0 aliphatic carbocycles. The normalized spacial score (nSPS) is 11.1. The largest absolute Gasteiger partial charge is 0.488 e. The number of carbonyl (C=O) groups is 1. The van der Waals surface area contributed by atoms with Crippen molar-refractivity contribution in [3.8, 4) is 17.4 Å². The number of benzene rings is 2. The number of nitrogens with zero attached hydrogens (tertiary/aromatic N) is 1. The van der Waals surface area contributed by atoms with Crippen molar-refractivity contribution < 1.29 is 32.5 Å². The van der Waals surface area contributed by atoms with Crippen molar-refractivity contribution >= 4 is 5.97 Å². The highest BCUT2D eigenvalue weighted by molar-refractivity contribution is 5.90. The molecule has 0 bridgehead atoms. The minimum Gasteiger partial charge on any atom is -0.488 e. The number of carboxylic acids is 1. The molecule has 3 rings (SSSR count). The zero-order chi connectivity index (χ0) is 20.1. The molecule has 0 unspecified atom stereocenters. The van der Waals surface area contributed by atoms with E-state index < -0.39 is 17.7 Å². The molecule has 3 aromatic rings. The van der Waals surface area contributed by atoms with Gasteiger partial charge in [0, 0.05) is 12.3 Å². The van der Waals surface area contributed by atoms with Crippen LogP contribution in [0.15, 0.2) is 66.9 Å². The summed E-state index contributed by atoms with van der Waals surface area (Å²) in [7, 11) is 0. The van der Waals surface area contributed by atoms with E-state index in [9.17, 15) is 18.0 Å². The molecular formula is C20H14F3NO4. The van der Waals surface area contributed by atoms with Crippen LogP contribution in [0.4, 0.5) is 13.2 Å². The van der Waals surface area contributed by atoms with Gasteiger partial charge in [0.05, 0.1) is 5.56 Å². The van der Waals surface area contributed by atoms with E-state index in [2.05, 4.69) is 4.98 Å². The molecule has 2 aromatic carbocycles. The number of halogens is 3. The van der Waals surface area contributed by atoms with Crippen LogP contribution in [0.5, 0.6) is 17.4 Å². The fourth-order valence-electron chi connectivity index (χ4n) is 2.31. The van der Waals surface area contributed by atoms with E-state index in [4.69, 9.17) is 14.6 Å². The third kappa shape index (κ3) is 4.79. The van der Waals surface area contributed by atoms with E-state index in [1.165, 1.54) is 6.07 Å². The maximum Gasteiger partial charge on any atom is 0.417 e. The van der Waals surface area contributed by atoms with Gasteiger partial charge in [0.25, 0.3) is 0 Å². The molecular weight excluding hydrogens is 375 g/mol. The van der Waals surface area contributed by atoms with E-state index in [1.54, 1.807) is 42.5 Å². The third-order valence-corrected chi connectivity index (χ3v) is 3.72. The molecule has 0 amide bonds. The summed E-state index contributed by atoms with van der Waals surface area (Å²) in [6.45, 7) is 0.142. The van der Waals surface area contributed by atoms with Gasteiger partial charge in [0.15, 0.2) is 0 Å². The molecule has 1 heterocycles. The van der Waals surface area contributed by atoms with Crippen molar-refractivity contribution in [2.75, 3.05) is 0 Å². The van der Waals surface area contributed by atoms with Crippen LogP contribution in [0, 0.1) is 0 Å². The second-order valence-corrected chi connectivity index (χ2v) is 5.72. The first-order chi connectivity index (χ1) is 13.3. The number of alkyl halides is 3. The van der Waals surface area contributed by atoms with Crippen molar-refractivity contribution in [2.45, 2.75) is 12.8 Å². The van der Waals surface area contributed by atoms with Gasteiger partial charge in [-0.05, 0) is 35.9 Å². The summed E-state index contributed by atoms with van der Waals surface area (Å²) in [4.78, 5) is 14.8. The fourth-order valence-corrected chi connectivity index (χ4v) is 2.31. The van der Waals surface area contributed by atoms with Crippen LogP contribution in [0.2, 0.25) is 0 Å². The van der Waals surface area contributed by atoms with Crippen LogP contribution >= 0.6 is 0 Å². The number of hydrogen-bond acceptors (Lipinski definition) is 4. The summed E-state index contributed by atoms with van der Waals surface area (Å²) in [6, 6.07) is 15.0. The van der Waals surface area contributed by atoms with Crippen LogP contribution in [0.25, 0.3) is 0 Å². The number of rotatable bonds is 6. The molecule has 1 aromatic heterocycles. The first kappa shape index (κ1) is 19.2. The Labute approximate surface area is 158 Å². The predicted octanol–water partition coefficient (Wildman–Crippen LogP) is 5.17. The lowest BCUT2D eigenvalue weighted by Gasteiger charge is -2.10. The van der Waals surface area contributed by atoms with Gasteiger partial charge in [-0.25, -0.2) is 9.78 Å². The molecule has 0 aliphatic rings. The summed E-state index contributed by atoms with van der Waals surface area (Å²) in [5.74, 6) is -0.401. The van der Waals surface area contributed by atoms with Crippen molar-refractivity contribution in [3.63, 3.8) is 0 Å². The summed E-state index contributed by atoms with van der Waals surface area (Å²) < 4.78 is 48.6. The summed E-state index contributed by atoms with van der Waals surface area (Å²) >= 11 is 0. The molecule has 0 saturated heterocycles. The lowest BCUT2D eigenvalue weighted by Crippen LogP contribution is -2.05. The Morgan fingerprint density at radius 3 is 2.32 bits per heavy atom. The number of carboxylic acid groups (broad SMARTS) is 1. The van der Waals surface area contributed by atoms with Crippen molar-refractivity contribution in [1.29, 1.82) is 0 Å². The highest BCUT2D eigenvalue weighted by Gasteiger charge is 2.30. The summed E-state index contributed by atoms with van der Waals surface area (Å²) in [6.07, 6.45) is -3.75. The highest BCUT2D eigenvalue weighted by atomic mass is 19.4. The zero-order valence-corrected chi connectivity index (χ0v) is 14.3. The Morgan fingerprint density at radius 1 is 1.00 bits per heavy atom. The smallest absolute Gasteiger partial charge is 0.417 e. The maximum atomic E-state index is 12.5. The van der Waals surface area contributed by atoms with Gasteiger partial charge in [0.1, 0.15) is 23.7 Å². The Kier molecular flexibility index (Phi) is 5.49. The third-order valence-electron chi connectivity index (χ3n) is 3.72. The van der Waals surface area contributed by atoms with Gasteiger partial charge in [-0.1, -0.05) is 24.3 Å². The Balaban J connectivity index is 1.62. The van der Waals surface area contributed by atoms with Crippen molar-refractivity contribution in [1.82, 2.24) is 4.98 Å². The average molecular weight is 389 g/mol. The van der Waals surface area contributed by atoms with Crippen molar-refractivity contribution in [3.05, 3.63) is 83.6 Å². The summed E-state index contributed by atoms with van der Waals surface area (Å²) in [5, 5.41) is 9.14. The standard InChI is InChI=1S/C20H14F3NO4/c21-20(22,23)14-7-10-18(24-11-14)28-15-8-5-13(6-9-15)12-27-17-4-2-1-3-16(17)19(25)26/h1-11H,12H2,(H,25,26). The number of aromatic carboxylic acids is 1. The maximum absolute atomic E-state index is 12.5. The van der Waals surface area contributed by atoms with E-state index in [0.717, 1.165) is 17.7 Å². The van der Waals surface area contributed by atoms with Crippen LogP contribution < -0.4 is 9.47 Å². The van der Waals surface area contributed by atoms with E-state index in [-0.39, 0.29) is 23.8 Å². The number of aromatic nitrogens is 1. The number of para-hydroxylation sites is 1. The summed E-state index contributed by atoms with van der Waals surface area (Å²) in [5.41, 5.74) is -0.0299. The molecule has 28 heavy (non-hydrogen) atoms. The molecule has 0 saturated carbocycles.